The number of ether oxygens (including phenoxy) is 1. The summed E-state index contributed by atoms with van der Waals surface area (Å²) in [7, 11) is 1.69. The maximum Gasteiger partial charge on any atom is 0.119 e. The number of rotatable bonds is 4. The van der Waals surface area contributed by atoms with Gasteiger partial charge in [-0.3, -0.25) is 0 Å². The zero-order chi connectivity index (χ0) is 11.5. The van der Waals surface area contributed by atoms with E-state index < -0.39 is 0 Å². The van der Waals surface area contributed by atoms with Crippen molar-refractivity contribution in [3.63, 3.8) is 0 Å². The lowest BCUT2D eigenvalue weighted by Gasteiger charge is -2.14. The lowest BCUT2D eigenvalue weighted by atomic mass is 10.1. The molecule has 0 heterocycles. The molecular weight excluding hydrogens is 222 g/mol. The van der Waals surface area contributed by atoms with Crippen molar-refractivity contribution in [3.05, 3.63) is 40.9 Å². The highest BCUT2D eigenvalue weighted by Crippen LogP contribution is 2.33. The van der Waals surface area contributed by atoms with Crippen LogP contribution in [0.3, 0.4) is 0 Å². The molecule has 0 aromatic heterocycles. The van der Waals surface area contributed by atoms with Crippen molar-refractivity contribution in [3.8, 4) is 5.75 Å². The van der Waals surface area contributed by atoms with Gasteiger partial charge in [-0.2, -0.15) is 0 Å². The van der Waals surface area contributed by atoms with Gasteiger partial charge in [-0.15, -0.1) is 0 Å². The van der Waals surface area contributed by atoms with Crippen molar-refractivity contribution in [1.29, 1.82) is 0 Å². The van der Waals surface area contributed by atoms with E-state index in [2.05, 4.69) is 24.0 Å². The van der Waals surface area contributed by atoms with Crippen molar-refractivity contribution in [2.75, 3.05) is 13.7 Å². The molecule has 16 heavy (non-hydrogen) atoms. The lowest BCUT2D eigenvalue weighted by Crippen LogP contribution is -2.20. The number of halogens is 1. The average Bonchev–Trinajstić information content (AvgIpc) is 2.68. The molecule has 1 atom stereocenters. The van der Waals surface area contributed by atoms with E-state index in [0.29, 0.717) is 17.6 Å². The maximum atomic E-state index is 5.76. The molecule has 0 fully saturated rings. The number of hydrogen-bond donors (Lipinski definition) is 1. The van der Waals surface area contributed by atoms with Crippen LogP contribution >= 0.6 is 11.6 Å². The Morgan fingerprint density at radius 3 is 3.12 bits per heavy atom. The Balaban J connectivity index is 2.14. The Morgan fingerprint density at radius 2 is 2.44 bits per heavy atom. The van der Waals surface area contributed by atoms with Gasteiger partial charge < -0.3 is 10.1 Å². The van der Waals surface area contributed by atoms with Crippen LogP contribution in [-0.2, 0) is 6.42 Å². The molecule has 1 aromatic carbocycles. The van der Waals surface area contributed by atoms with E-state index in [1.807, 2.05) is 6.07 Å². The third-order valence-corrected chi connectivity index (χ3v) is 3.10. The van der Waals surface area contributed by atoms with E-state index in [-0.39, 0.29) is 0 Å². The molecule has 0 radical (unpaired) electrons. The van der Waals surface area contributed by atoms with Crippen LogP contribution in [0.2, 0.25) is 0 Å². The normalized spacial score (nSPS) is 18.2. The standard InChI is InChI=1S/C13H16ClNO/c1-9(14)8-15-13-6-4-10-3-5-11(16-2)7-12(10)13/h3,5,7,13,15H,1,4,6,8H2,2H3. The highest BCUT2D eigenvalue weighted by Gasteiger charge is 2.22. The van der Waals surface area contributed by atoms with E-state index in [9.17, 15) is 0 Å². The van der Waals surface area contributed by atoms with Gasteiger partial charge >= 0.3 is 0 Å². The summed E-state index contributed by atoms with van der Waals surface area (Å²) >= 11 is 5.76. The highest BCUT2D eigenvalue weighted by atomic mass is 35.5. The monoisotopic (exact) mass is 237 g/mol. The summed E-state index contributed by atoms with van der Waals surface area (Å²) in [5, 5.41) is 4.05. The first-order valence-electron chi connectivity index (χ1n) is 5.44. The van der Waals surface area contributed by atoms with E-state index in [1.54, 1.807) is 7.11 Å². The molecule has 3 heteroatoms. The van der Waals surface area contributed by atoms with Crippen molar-refractivity contribution >= 4 is 11.6 Å². The molecule has 1 aliphatic carbocycles. The number of benzene rings is 1. The summed E-state index contributed by atoms with van der Waals surface area (Å²) in [4.78, 5) is 0. The molecule has 0 saturated carbocycles. The first-order chi connectivity index (χ1) is 7.70. The third-order valence-electron chi connectivity index (χ3n) is 2.97. The summed E-state index contributed by atoms with van der Waals surface area (Å²) in [5.41, 5.74) is 2.73. The minimum atomic E-state index is 0.376. The second-order valence-corrected chi connectivity index (χ2v) is 4.59. The second kappa shape index (κ2) is 4.89. The Morgan fingerprint density at radius 1 is 1.62 bits per heavy atom. The van der Waals surface area contributed by atoms with Crippen LogP contribution in [0.5, 0.6) is 5.75 Å². The van der Waals surface area contributed by atoms with Crippen molar-refractivity contribution in [1.82, 2.24) is 5.32 Å². The Bertz CT molecular complexity index is 403. The smallest absolute Gasteiger partial charge is 0.119 e. The predicted octanol–water partition coefficient (Wildman–Crippen LogP) is 3.02. The van der Waals surface area contributed by atoms with E-state index in [0.717, 1.165) is 18.6 Å². The Kier molecular flexibility index (Phi) is 3.52. The molecule has 0 spiro atoms. The molecule has 1 N–H and O–H groups in total. The molecule has 1 aliphatic rings. The molecule has 0 amide bonds. The minimum absolute atomic E-state index is 0.376. The number of nitrogens with one attached hydrogen (secondary N) is 1. The van der Waals surface area contributed by atoms with Gasteiger partial charge in [-0.1, -0.05) is 24.2 Å². The van der Waals surface area contributed by atoms with Crippen LogP contribution in [0, 0.1) is 0 Å². The first kappa shape index (κ1) is 11.5. The maximum absolute atomic E-state index is 5.76. The van der Waals surface area contributed by atoms with Crippen molar-refractivity contribution < 1.29 is 4.74 Å². The van der Waals surface area contributed by atoms with Crippen molar-refractivity contribution in [2.45, 2.75) is 18.9 Å². The molecule has 2 rings (SSSR count). The van der Waals surface area contributed by atoms with Crippen LogP contribution < -0.4 is 10.1 Å². The number of aryl methyl sites for hydroxylation is 1. The third kappa shape index (κ3) is 2.39. The quantitative estimate of drug-likeness (QED) is 0.869. The first-order valence-corrected chi connectivity index (χ1v) is 5.82. The molecular formula is C13H16ClNO. The molecule has 0 bridgehead atoms. The number of methoxy groups -OCH3 is 1. The Labute approximate surface area is 101 Å². The van der Waals surface area contributed by atoms with Crippen LogP contribution in [0.25, 0.3) is 0 Å². The highest BCUT2D eigenvalue weighted by molar-refractivity contribution is 6.29. The fourth-order valence-corrected chi connectivity index (χ4v) is 2.23. The SMILES string of the molecule is C=C(Cl)CNC1CCc2ccc(OC)cc21. The summed E-state index contributed by atoms with van der Waals surface area (Å²) < 4.78 is 5.24. The fourth-order valence-electron chi connectivity index (χ4n) is 2.15. The van der Waals surface area contributed by atoms with Crippen molar-refractivity contribution in [2.24, 2.45) is 0 Å². The van der Waals surface area contributed by atoms with Gasteiger partial charge in [-0.25, -0.2) is 0 Å². The van der Waals surface area contributed by atoms with Gasteiger partial charge in [-0.05, 0) is 36.1 Å². The van der Waals surface area contributed by atoms with E-state index >= 15 is 0 Å². The zero-order valence-corrected chi connectivity index (χ0v) is 10.2. The number of fused-ring (bicyclic) bond motifs is 1. The minimum Gasteiger partial charge on any atom is -0.497 e. The summed E-state index contributed by atoms with van der Waals surface area (Å²) in [6, 6.07) is 6.64. The number of hydrogen-bond acceptors (Lipinski definition) is 2. The zero-order valence-electron chi connectivity index (χ0n) is 9.42. The van der Waals surface area contributed by atoms with Gasteiger partial charge in [0.25, 0.3) is 0 Å². The molecule has 1 unspecified atom stereocenters. The van der Waals surface area contributed by atoms with Gasteiger partial charge in [0.05, 0.1) is 7.11 Å². The van der Waals surface area contributed by atoms with Crippen LogP contribution in [0.15, 0.2) is 29.8 Å². The predicted molar refractivity (Wildman–Crippen MR) is 67.1 cm³/mol. The van der Waals surface area contributed by atoms with Gasteiger partial charge in [0.15, 0.2) is 0 Å². The topological polar surface area (TPSA) is 21.3 Å². The van der Waals surface area contributed by atoms with E-state index in [4.69, 9.17) is 16.3 Å². The van der Waals surface area contributed by atoms with E-state index in [1.165, 1.54) is 11.1 Å². The summed E-state index contributed by atoms with van der Waals surface area (Å²) in [5.74, 6) is 0.914. The van der Waals surface area contributed by atoms with Crippen LogP contribution in [0.4, 0.5) is 0 Å². The summed E-state index contributed by atoms with van der Waals surface area (Å²) in [6.45, 7) is 4.34. The molecule has 2 nitrogen and oxygen atoms in total. The molecule has 86 valence electrons. The fraction of sp³-hybridized carbons (Fsp3) is 0.385. The molecule has 0 saturated heterocycles. The Hall–Kier alpha value is -0.990. The van der Waals surface area contributed by atoms with Crippen LogP contribution in [-0.4, -0.2) is 13.7 Å². The van der Waals surface area contributed by atoms with Gasteiger partial charge in [0.1, 0.15) is 5.75 Å². The summed E-state index contributed by atoms with van der Waals surface area (Å²) in [6.07, 6.45) is 2.23. The largest absolute Gasteiger partial charge is 0.497 e. The van der Waals surface area contributed by atoms with Gasteiger partial charge in [0.2, 0.25) is 0 Å². The second-order valence-electron chi connectivity index (χ2n) is 4.05. The molecule has 1 aromatic rings. The average molecular weight is 238 g/mol. The van der Waals surface area contributed by atoms with Gasteiger partial charge in [0, 0.05) is 17.6 Å². The molecule has 0 aliphatic heterocycles. The lowest BCUT2D eigenvalue weighted by molar-refractivity contribution is 0.413. The van der Waals surface area contributed by atoms with Crippen LogP contribution in [0.1, 0.15) is 23.6 Å².